The van der Waals surface area contributed by atoms with Crippen LogP contribution in [0.3, 0.4) is 0 Å². The Labute approximate surface area is 140 Å². The number of nitrogens with zero attached hydrogens (tertiary/aromatic N) is 2. The summed E-state index contributed by atoms with van der Waals surface area (Å²) in [6.45, 7) is 5.20. The summed E-state index contributed by atoms with van der Waals surface area (Å²) in [5.74, 6) is -0.145. The Balaban J connectivity index is 2.34. The minimum absolute atomic E-state index is 0.0327. The fourth-order valence-electron chi connectivity index (χ4n) is 1.98. The van der Waals surface area contributed by atoms with Gasteiger partial charge >= 0.3 is 6.09 Å². The summed E-state index contributed by atoms with van der Waals surface area (Å²) >= 11 is 0. The van der Waals surface area contributed by atoms with Gasteiger partial charge in [0.25, 0.3) is 0 Å². The summed E-state index contributed by atoms with van der Waals surface area (Å²) in [5, 5.41) is 0. The molecule has 0 saturated heterocycles. The first-order valence-electron chi connectivity index (χ1n) is 7.45. The molecule has 0 aliphatic rings. The third-order valence-electron chi connectivity index (χ3n) is 3.08. The molecular weight excluding hydrogens is 311 g/mol. The van der Waals surface area contributed by atoms with Crippen molar-refractivity contribution < 1.29 is 18.7 Å². The van der Waals surface area contributed by atoms with Crippen molar-refractivity contribution in [2.45, 2.75) is 32.9 Å². The van der Waals surface area contributed by atoms with Crippen LogP contribution in [-0.4, -0.2) is 23.0 Å². The van der Waals surface area contributed by atoms with Crippen LogP contribution >= 0.6 is 0 Å². The number of halogens is 1. The molecule has 1 heterocycles. The topological polar surface area (TPSA) is 59.5 Å². The molecule has 2 aromatic rings. The molecule has 0 spiro atoms. The largest absolute Gasteiger partial charge is 0.443 e. The van der Waals surface area contributed by atoms with Crippen LogP contribution in [0.2, 0.25) is 0 Å². The predicted octanol–water partition coefficient (Wildman–Crippen LogP) is 3.97. The lowest BCUT2D eigenvalue weighted by Crippen LogP contribution is -2.37. The number of rotatable bonds is 4. The number of aldehydes is 1. The lowest BCUT2D eigenvalue weighted by Gasteiger charge is -2.27. The molecule has 0 radical (unpaired) electrons. The second-order valence-electron chi connectivity index (χ2n) is 6.23. The van der Waals surface area contributed by atoms with Gasteiger partial charge in [-0.05, 0) is 39.0 Å². The molecule has 1 aromatic heterocycles. The summed E-state index contributed by atoms with van der Waals surface area (Å²) in [6.07, 6.45) is 1.36. The van der Waals surface area contributed by atoms with Crippen molar-refractivity contribution in [3.8, 4) is 0 Å². The number of anilines is 1. The zero-order chi connectivity index (χ0) is 17.7. The Morgan fingerprint density at radius 3 is 2.50 bits per heavy atom. The van der Waals surface area contributed by atoms with E-state index in [4.69, 9.17) is 4.74 Å². The van der Waals surface area contributed by atoms with Crippen molar-refractivity contribution in [2.24, 2.45) is 0 Å². The van der Waals surface area contributed by atoms with Gasteiger partial charge in [-0.25, -0.2) is 14.2 Å². The Morgan fingerprint density at radius 1 is 1.25 bits per heavy atom. The summed E-state index contributed by atoms with van der Waals surface area (Å²) in [4.78, 5) is 28.6. The summed E-state index contributed by atoms with van der Waals surface area (Å²) in [5.41, 5.74) is 0.0197. The number of carbonyl (C=O) groups excluding carboxylic acids is 2. The summed E-state index contributed by atoms with van der Waals surface area (Å²) in [7, 11) is 0. The van der Waals surface area contributed by atoms with Crippen LogP contribution in [0.15, 0.2) is 42.6 Å². The molecule has 0 bridgehead atoms. The van der Waals surface area contributed by atoms with Gasteiger partial charge in [-0.15, -0.1) is 0 Å². The zero-order valence-electron chi connectivity index (χ0n) is 13.8. The minimum Gasteiger partial charge on any atom is -0.443 e. The molecule has 0 unspecified atom stereocenters. The second-order valence-corrected chi connectivity index (χ2v) is 6.23. The number of amides is 1. The fraction of sp³-hybridized carbons (Fsp3) is 0.278. The van der Waals surface area contributed by atoms with Gasteiger partial charge in [0.2, 0.25) is 0 Å². The maximum atomic E-state index is 13.9. The van der Waals surface area contributed by atoms with Crippen molar-refractivity contribution in [1.29, 1.82) is 0 Å². The standard InChI is InChI=1S/C18H19FN2O3/c1-18(2,3)24-17(23)21(11-14-6-4-5-7-15(14)19)16-9-8-13(12-22)10-20-16/h4-10,12H,11H2,1-3H3. The van der Waals surface area contributed by atoms with E-state index in [0.717, 1.165) is 0 Å². The maximum Gasteiger partial charge on any atom is 0.416 e. The molecule has 0 aliphatic heterocycles. The molecule has 2 rings (SSSR count). The number of pyridine rings is 1. The monoisotopic (exact) mass is 330 g/mol. The average molecular weight is 330 g/mol. The van der Waals surface area contributed by atoms with Crippen molar-refractivity contribution in [3.63, 3.8) is 0 Å². The third kappa shape index (κ3) is 4.62. The van der Waals surface area contributed by atoms with Gasteiger partial charge in [-0.3, -0.25) is 9.69 Å². The molecule has 1 amide bonds. The van der Waals surface area contributed by atoms with E-state index in [9.17, 15) is 14.0 Å². The number of ether oxygens (including phenoxy) is 1. The average Bonchev–Trinajstić information content (AvgIpc) is 2.52. The van der Waals surface area contributed by atoms with E-state index < -0.39 is 17.5 Å². The molecule has 6 heteroatoms. The second kappa shape index (κ2) is 7.21. The van der Waals surface area contributed by atoms with E-state index in [1.165, 1.54) is 29.3 Å². The molecular formula is C18H19FN2O3. The molecule has 0 atom stereocenters. The molecule has 0 saturated carbocycles. The number of aromatic nitrogens is 1. The van der Waals surface area contributed by atoms with E-state index in [0.29, 0.717) is 17.4 Å². The number of hydrogen-bond acceptors (Lipinski definition) is 4. The maximum absolute atomic E-state index is 13.9. The van der Waals surface area contributed by atoms with Crippen LogP contribution in [0.25, 0.3) is 0 Å². The van der Waals surface area contributed by atoms with Crippen LogP contribution in [0, 0.1) is 5.82 Å². The normalized spacial score (nSPS) is 11.0. The highest BCUT2D eigenvalue weighted by molar-refractivity contribution is 5.87. The van der Waals surface area contributed by atoms with Gasteiger partial charge in [-0.2, -0.15) is 0 Å². The molecule has 126 valence electrons. The first-order chi connectivity index (χ1) is 11.3. The van der Waals surface area contributed by atoms with Crippen molar-refractivity contribution in [1.82, 2.24) is 4.98 Å². The van der Waals surface area contributed by atoms with Crippen LogP contribution in [-0.2, 0) is 11.3 Å². The Hall–Kier alpha value is -2.76. The quantitative estimate of drug-likeness (QED) is 0.796. The van der Waals surface area contributed by atoms with Crippen LogP contribution < -0.4 is 4.90 Å². The van der Waals surface area contributed by atoms with E-state index in [-0.39, 0.29) is 12.4 Å². The smallest absolute Gasteiger partial charge is 0.416 e. The SMILES string of the molecule is CC(C)(C)OC(=O)N(Cc1ccccc1F)c1ccc(C=O)cn1. The van der Waals surface area contributed by atoms with Crippen LogP contribution in [0.5, 0.6) is 0 Å². The first kappa shape index (κ1) is 17.6. The van der Waals surface area contributed by atoms with E-state index in [1.54, 1.807) is 39.0 Å². The first-order valence-corrected chi connectivity index (χ1v) is 7.45. The number of carbonyl (C=O) groups is 2. The van der Waals surface area contributed by atoms with E-state index >= 15 is 0 Å². The number of benzene rings is 1. The summed E-state index contributed by atoms with van der Waals surface area (Å²) in [6, 6.07) is 9.24. The Morgan fingerprint density at radius 2 is 1.96 bits per heavy atom. The van der Waals surface area contributed by atoms with Crippen molar-refractivity contribution in [2.75, 3.05) is 4.90 Å². The van der Waals surface area contributed by atoms with Crippen LogP contribution in [0.4, 0.5) is 15.0 Å². The lowest BCUT2D eigenvalue weighted by atomic mass is 10.2. The minimum atomic E-state index is -0.701. The lowest BCUT2D eigenvalue weighted by molar-refractivity contribution is 0.0576. The highest BCUT2D eigenvalue weighted by Crippen LogP contribution is 2.20. The van der Waals surface area contributed by atoms with E-state index in [2.05, 4.69) is 4.98 Å². The Kier molecular flexibility index (Phi) is 5.28. The van der Waals surface area contributed by atoms with Gasteiger partial charge in [0, 0.05) is 17.3 Å². The van der Waals surface area contributed by atoms with Gasteiger partial charge in [0.1, 0.15) is 17.2 Å². The van der Waals surface area contributed by atoms with Crippen LogP contribution in [0.1, 0.15) is 36.7 Å². The highest BCUT2D eigenvalue weighted by Gasteiger charge is 2.25. The van der Waals surface area contributed by atoms with Gasteiger partial charge in [0.05, 0.1) is 6.54 Å². The van der Waals surface area contributed by atoms with E-state index in [1.807, 2.05) is 0 Å². The number of hydrogen-bond donors (Lipinski definition) is 0. The van der Waals surface area contributed by atoms with Crippen molar-refractivity contribution >= 4 is 18.2 Å². The third-order valence-corrected chi connectivity index (χ3v) is 3.08. The molecule has 0 N–H and O–H groups in total. The van der Waals surface area contributed by atoms with Gasteiger partial charge in [0.15, 0.2) is 6.29 Å². The van der Waals surface area contributed by atoms with Gasteiger partial charge < -0.3 is 4.74 Å². The molecule has 5 nitrogen and oxygen atoms in total. The fourth-order valence-corrected chi connectivity index (χ4v) is 1.98. The van der Waals surface area contributed by atoms with Crippen molar-refractivity contribution in [3.05, 3.63) is 59.5 Å². The predicted molar refractivity (Wildman–Crippen MR) is 88.4 cm³/mol. The molecule has 24 heavy (non-hydrogen) atoms. The Bertz CT molecular complexity index is 724. The molecule has 1 aromatic carbocycles. The molecule has 0 aliphatic carbocycles. The molecule has 0 fully saturated rings. The summed E-state index contributed by atoms with van der Waals surface area (Å²) < 4.78 is 19.3. The zero-order valence-corrected chi connectivity index (χ0v) is 13.8. The highest BCUT2D eigenvalue weighted by atomic mass is 19.1. The van der Waals surface area contributed by atoms with Gasteiger partial charge in [-0.1, -0.05) is 18.2 Å².